The van der Waals surface area contributed by atoms with Crippen LogP contribution in [-0.2, 0) is 19.7 Å². The number of nitro groups is 1. The normalized spacial score (nSPS) is 23.8. The van der Waals surface area contributed by atoms with Crippen LogP contribution in [0.2, 0.25) is 0 Å². The molecule has 7 nitrogen and oxygen atoms in total. The highest BCUT2D eigenvalue weighted by atomic mass is 16.7. The van der Waals surface area contributed by atoms with E-state index in [1.807, 2.05) is 36.4 Å². The standard InChI is InChI=1S/C25H22N2O5/c28-23-22(26-20-12-7-13-21(14-20)27(29)30)15-25(32-23)16-24(17-31-25,18-8-3-1-4-9-18)19-10-5-2-6-11-19/h1-14,22,26H,15-17H2/t22-,25-/m0/s1. The van der Waals surface area contributed by atoms with Gasteiger partial charge in [0.1, 0.15) is 6.04 Å². The van der Waals surface area contributed by atoms with Gasteiger partial charge in [-0.3, -0.25) is 10.1 Å². The monoisotopic (exact) mass is 430 g/mol. The van der Waals surface area contributed by atoms with Gasteiger partial charge in [-0.05, 0) is 17.2 Å². The Hall–Kier alpha value is -3.71. The van der Waals surface area contributed by atoms with Gasteiger partial charge >= 0.3 is 5.97 Å². The molecule has 1 spiro atoms. The molecular weight excluding hydrogens is 408 g/mol. The van der Waals surface area contributed by atoms with Crippen molar-refractivity contribution in [3.8, 4) is 0 Å². The lowest BCUT2D eigenvalue weighted by atomic mass is 9.72. The Morgan fingerprint density at radius 3 is 2.22 bits per heavy atom. The number of hydrogen-bond donors (Lipinski definition) is 1. The summed E-state index contributed by atoms with van der Waals surface area (Å²) in [7, 11) is 0. The molecule has 2 aliphatic rings. The number of nitro benzene ring substituents is 1. The SMILES string of the molecule is O=C1O[C@@]2(C[C@@H]1Nc1cccc([N+](=O)[O-])c1)CC(c1ccccc1)(c1ccccc1)CO2. The molecule has 2 aliphatic heterocycles. The van der Waals surface area contributed by atoms with Crippen LogP contribution in [0.5, 0.6) is 0 Å². The fourth-order valence-corrected chi connectivity index (χ4v) is 4.78. The van der Waals surface area contributed by atoms with Crippen molar-refractivity contribution in [2.75, 3.05) is 11.9 Å². The summed E-state index contributed by atoms with van der Waals surface area (Å²) in [4.78, 5) is 23.3. The van der Waals surface area contributed by atoms with Gasteiger partial charge < -0.3 is 14.8 Å². The molecule has 7 heteroatoms. The Bertz CT molecular complexity index is 1110. The van der Waals surface area contributed by atoms with E-state index in [9.17, 15) is 14.9 Å². The van der Waals surface area contributed by atoms with Crippen LogP contribution in [0.4, 0.5) is 11.4 Å². The van der Waals surface area contributed by atoms with Gasteiger partial charge in [0, 0.05) is 30.7 Å². The predicted octanol–water partition coefficient (Wildman–Crippen LogP) is 4.43. The van der Waals surface area contributed by atoms with Crippen molar-refractivity contribution >= 4 is 17.3 Å². The first-order chi connectivity index (χ1) is 15.5. The van der Waals surface area contributed by atoms with Crippen molar-refractivity contribution in [3.05, 3.63) is 106 Å². The van der Waals surface area contributed by atoms with Crippen molar-refractivity contribution in [2.45, 2.75) is 30.1 Å². The fourth-order valence-electron chi connectivity index (χ4n) is 4.78. The molecule has 0 aliphatic carbocycles. The van der Waals surface area contributed by atoms with E-state index >= 15 is 0 Å². The highest BCUT2D eigenvalue weighted by Crippen LogP contribution is 2.51. The highest BCUT2D eigenvalue weighted by molar-refractivity contribution is 5.82. The topological polar surface area (TPSA) is 90.7 Å². The van der Waals surface area contributed by atoms with Gasteiger partial charge in [-0.15, -0.1) is 0 Å². The zero-order valence-corrected chi connectivity index (χ0v) is 17.3. The zero-order valence-electron chi connectivity index (χ0n) is 17.3. The highest BCUT2D eigenvalue weighted by Gasteiger charge is 2.58. The number of esters is 1. The predicted molar refractivity (Wildman–Crippen MR) is 118 cm³/mol. The third-order valence-corrected chi connectivity index (χ3v) is 6.29. The Morgan fingerprint density at radius 1 is 0.938 bits per heavy atom. The first kappa shape index (κ1) is 20.2. The molecule has 2 atom stereocenters. The van der Waals surface area contributed by atoms with Crippen LogP contribution in [0.15, 0.2) is 84.9 Å². The van der Waals surface area contributed by atoms with Gasteiger partial charge in [0.05, 0.1) is 16.9 Å². The number of hydrogen-bond acceptors (Lipinski definition) is 6. The number of nitrogens with zero attached hydrogens (tertiary/aromatic N) is 1. The van der Waals surface area contributed by atoms with Gasteiger partial charge in [0.25, 0.3) is 5.69 Å². The second-order valence-electron chi connectivity index (χ2n) is 8.32. The summed E-state index contributed by atoms with van der Waals surface area (Å²) < 4.78 is 12.0. The second-order valence-corrected chi connectivity index (χ2v) is 8.32. The largest absolute Gasteiger partial charge is 0.431 e. The summed E-state index contributed by atoms with van der Waals surface area (Å²) in [5.41, 5.74) is 2.22. The van der Waals surface area contributed by atoms with E-state index < -0.39 is 28.1 Å². The van der Waals surface area contributed by atoms with Crippen molar-refractivity contribution in [3.63, 3.8) is 0 Å². The summed E-state index contributed by atoms with van der Waals surface area (Å²) in [6.07, 6.45) is 0.808. The van der Waals surface area contributed by atoms with E-state index in [-0.39, 0.29) is 5.69 Å². The Kier molecular flexibility index (Phi) is 4.90. The average Bonchev–Trinajstić information content (AvgIpc) is 3.34. The first-order valence-electron chi connectivity index (χ1n) is 10.5. The molecule has 2 saturated heterocycles. The number of rotatable bonds is 5. The van der Waals surface area contributed by atoms with Gasteiger partial charge in [-0.25, -0.2) is 4.79 Å². The number of carbonyl (C=O) groups is 1. The van der Waals surface area contributed by atoms with Crippen LogP contribution in [0.1, 0.15) is 24.0 Å². The summed E-state index contributed by atoms with van der Waals surface area (Å²) in [6.45, 7) is 0.387. The molecule has 0 bridgehead atoms. The third-order valence-electron chi connectivity index (χ3n) is 6.29. The van der Waals surface area contributed by atoms with E-state index in [4.69, 9.17) is 9.47 Å². The van der Waals surface area contributed by atoms with Gasteiger partial charge in [0.2, 0.25) is 5.79 Å². The molecule has 0 amide bonds. The maximum atomic E-state index is 12.7. The van der Waals surface area contributed by atoms with Crippen LogP contribution in [0, 0.1) is 10.1 Å². The maximum Gasteiger partial charge on any atom is 0.331 e. The van der Waals surface area contributed by atoms with E-state index in [2.05, 4.69) is 29.6 Å². The van der Waals surface area contributed by atoms with Crippen LogP contribution in [0.3, 0.4) is 0 Å². The molecular formula is C25H22N2O5. The van der Waals surface area contributed by atoms with E-state index in [0.29, 0.717) is 25.1 Å². The molecule has 162 valence electrons. The Balaban J connectivity index is 1.42. The Morgan fingerprint density at radius 2 is 1.59 bits per heavy atom. The molecule has 0 unspecified atom stereocenters. The first-order valence-corrected chi connectivity index (χ1v) is 10.5. The molecule has 1 N–H and O–H groups in total. The molecule has 2 fully saturated rings. The van der Waals surface area contributed by atoms with Crippen LogP contribution >= 0.6 is 0 Å². The van der Waals surface area contributed by atoms with Crippen LogP contribution in [-0.4, -0.2) is 29.3 Å². The van der Waals surface area contributed by atoms with E-state index in [1.54, 1.807) is 12.1 Å². The molecule has 5 rings (SSSR count). The summed E-state index contributed by atoms with van der Waals surface area (Å²) in [6, 6.07) is 25.7. The van der Waals surface area contributed by atoms with Crippen LogP contribution in [0.25, 0.3) is 0 Å². The lowest BCUT2D eigenvalue weighted by molar-refractivity contribution is -0.384. The minimum absolute atomic E-state index is 0.0413. The van der Waals surface area contributed by atoms with E-state index in [1.165, 1.54) is 12.1 Å². The summed E-state index contributed by atoms with van der Waals surface area (Å²) >= 11 is 0. The molecule has 0 saturated carbocycles. The van der Waals surface area contributed by atoms with Crippen molar-refractivity contribution in [2.24, 2.45) is 0 Å². The maximum absolute atomic E-state index is 12.7. The van der Waals surface area contributed by atoms with Crippen molar-refractivity contribution in [1.82, 2.24) is 0 Å². The third kappa shape index (κ3) is 3.50. The van der Waals surface area contributed by atoms with E-state index in [0.717, 1.165) is 11.1 Å². The van der Waals surface area contributed by atoms with Crippen LogP contribution < -0.4 is 5.32 Å². The molecule has 3 aromatic rings. The molecule has 0 aromatic heterocycles. The van der Waals surface area contributed by atoms with Crippen molar-refractivity contribution < 1.29 is 19.2 Å². The molecule has 32 heavy (non-hydrogen) atoms. The number of carbonyl (C=O) groups excluding carboxylic acids is 1. The lowest BCUT2D eigenvalue weighted by Gasteiger charge is -2.30. The summed E-state index contributed by atoms with van der Waals surface area (Å²) in [5.74, 6) is -1.48. The zero-order chi connectivity index (χ0) is 22.2. The number of non-ortho nitro benzene ring substituents is 1. The Labute approximate surface area is 185 Å². The van der Waals surface area contributed by atoms with Crippen molar-refractivity contribution in [1.29, 1.82) is 0 Å². The minimum Gasteiger partial charge on any atom is -0.431 e. The molecule has 0 radical (unpaired) electrons. The van der Waals surface area contributed by atoms with Gasteiger partial charge in [-0.2, -0.15) is 0 Å². The number of nitrogens with one attached hydrogen (secondary N) is 1. The lowest BCUT2D eigenvalue weighted by Crippen LogP contribution is -2.33. The average molecular weight is 430 g/mol. The fraction of sp³-hybridized carbons (Fsp3) is 0.240. The molecule has 2 heterocycles. The van der Waals surface area contributed by atoms with Gasteiger partial charge in [0.15, 0.2) is 0 Å². The number of anilines is 1. The number of benzene rings is 3. The number of ether oxygens (including phenoxy) is 2. The summed E-state index contributed by atoms with van der Waals surface area (Å²) in [5, 5.41) is 14.2. The second kappa shape index (κ2) is 7.76. The smallest absolute Gasteiger partial charge is 0.331 e. The quantitative estimate of drug-likeness (QED) is 0.366. The minimum atomic E-state index is -1.05. The molecule has 3 aromatic carbocycles. The van der Waals surface area contributed by atoms with Gasteiger partial charge in [-0.1, -0.05) is 66.7 Å².